The third kappa shape index (κ3) is 3.88. The molecule has 0 aromatic rings. The van der Waals surface area contributed by atoms with Crippen LogP contribution in [0.15, 0.2) is 0 Å². The second-order valence-corrected chi connectivity index (χ2v) is 5.71. The predicted molar refractivity (Wildman–Crippen MR) is 53.2 cm³/mol. The first-order valence-corrected chi connectivity index (χ1v) is 6.15. The highest BCUT2D eigenvalue weighted by atomic mass is 32.1. The minimum Gasteiger partial charge on any atom is -0.377 e. The van der Waals surface area contributed by atoms with E-state index in [0.717, 1.165) is 19.0 Å². The fourth-order valence-corrected chi connectivity index (χ4v) is 2.82. The van der Waals surface area contributed by atoms with E-state index in [0.29, 0.717) is 0 Å². The van der Waals surface area contributed by atoms with Crippen LogP contribution in [-0.2, 0) is 13.3 Å². The molecule has 0 aromatic carbocycles. The van der Waals surface area contributed by atoms with Crippen LogP contribution in [0.25, 0.3) is 0 Å². The summed E-state index contributed by atoms with van der Waals surface area (Å²) < 4.78 is 18.4. The first-order valence-electron chi connectivity index (χ1n) is 3.77. The van der Waals surface area contributed by atoms with Crippen molar-refractivity contribution in [3.63, 3.8) is 0 Å². The summed E-state index contributed by atoms with van der Waals surface area (Å²) in [6.45, 7) is 0.827. The van der Waals surface area contributed by atoms with Crippen molar-refractivity contribution in [1.29, 1.82) is 0 Å². The monoisotopic (exact) mass is 211 g/mol. The summed E-state index contributed by atoms with van der Waals surface area (Å²) in [4.78, 5) is 0. The van der Waals surface area contributed by atoms with Crippen LogP contribution < -0.4 is 4.72 Å². The Morgan fingerprint density at radius 1 is 1.17 bits per heavy atom. The number of nitrogens with one attached hydrogen (secondary N) is 1. The van der Waals surface area contributed by atoms with Gasteiger partial charge in [0.15, 0.2) is 0 Å². The van der Waals surface area contributed by atoms with E-state index >= 15 is 0 Å². The molecule has 0 radical (unpaired) electrons. The molecule has 74 valence electrons. The molecule has 1 N–H and O–H groups in total. The lowest BCUT2D eigenvalue weighted by Crippen LogP contribution is -2.42. The topological polar surface area (TPSA) is 39.7 Å². The predicted octanol–water partition coefficient (Wildman–Crippen LogP) is 0.689. The van der Waals surface area contributed by atoms with Gasteiger partial charge in [0.1, 0.15) is 0 Å². The molecule has 0 spiro atoms. The summed E-state index contributed by atoms with van der Waals surface area (Å²) in [7, 11) is 2.53. The molecular formula is C6H17NO3SSi. The summed E-state index contributed by atoms with van der Waals surface area (Å²) in [6, 6.07) is 0.810. The molecule has 0 fully saturated rings. The number of hydrogen-bond donors (Lipinski definition) is 2. The van der Waals surface area contributed by atoms with Gasteiger partial charge in [-0.15, -0.1) is 0 Å². The summed E-state index contributed by atoms with van der Waals surface area (Å²) >= 11 is 3.88. The second kappa shape index (κ2) is 6.87. The van der Waals surface area contributed by atoms with E-state index in [-0.39, 0.29) is 0 Å². The zero-order valence-corrected chi connectivity index (χ0v) is 9.69. The van der Waals surface area contributed by atoms with Crippen molar-refractivity contribution < 1.29 is 13.3 Å². The van der Waals surface area contributed by atoms with Gasteiger partial charge in [0.05, 0.1) is 0 Å². The fraction of sp³-hybridized carbons (Fsp3) is 1.00. The first-order chi connectivity index (χ1) is 5.74. The second-order valence-electron chi connectivity index (χ2n) is 2.31. The van der Waals surface area contributed by atoms with Crippen molar-refractivity contribution in [3.05, 3.63) is 0 Å². The number of thiol groups is 1. The van der Waals surface area contributed by atoms with Gasteiger partial charge < -0.3 is 13.3 Å². The maximum atomic E-state index is 5.22. The quantitative estimate of drug-likeness (QED) is 0.369. The van der Waals surface area contributed by atoms with Gasteiger partial charge in [0, 0.05) is 33.9 Å². The minimum atomic E-state index is -2.33. The Kier molecular flexibility index (Phi) is 7.11. The summed E-state index contributed by atoms with van der Waals surface area (Å²) in [5, 5.41) is 0. The van der Waals surface area contributed by atoms with Crippen LogP contribution in [-0.4, -0.2) is 36.7 Å². The zero-order chi connectivity index (χ0) is 9.45. The van der Waals surface area contributed by atoms with Gasteiger partial charge in [0.25, 0.3) is 0 Å². The van der Waals surface area contributed by atoms with Gasteiger partial charge in [-0.25, -0.2) is 0 Å². The van der Waals surface area contributed by atoms with Crippen LogP contribution in [0.1, 0.15) is 6.42 Å². The minimum absolute atomic E-state index is 0.810. The molecule has 0 aliphatic heterocycles. The Hall–Kier alpha value is 0.407. The zero-order valence-electron chi connectivity index (χ0n) is 7.79. The first kappa shape index (κ1) is 12.4. The molecular weight excluding hydrogens is 194 g/mol. The van der Waals surface area contributed by atoms with E-state index in [2.05, 4.69) is 17.5 Å². The van der Waals surface area contributed by atoms with Crippen molar-refractivity contribution in [3.8, 4) is 0 Å². The lowest BCUT2D eigenvalue weighted by atomic mass is 10.5. The van der Waals surface area contributed by atoms with E-state index in [1.54, 1.807) is 21.3 Å². The third-order valence-electron chi connectivity index (χ3n) is 1.70. The fourth-order valence-electron chi connectivity index (χ4n) is 0.940. The maximum absolute atomic E-state index is 5.22. The van der Waals surface area contributed by atoms with Gasteiger partial charge in [-0.2, -0.15) is 0 Å². The molecule has 0 aromatic heterocycles. The smallest absolute Gasteiger partial charge is 0.377 e. The standard InChI is InChI=1S/C6H17NO3SSi/c1-8-12(9-2,10-3)6-4-5-7-11/h7,11H,4-6H2,1-3H3. The van der Waals surface area contributed by atoms with Crippen LogP contribution in [0.4, 0.5) is 0 Å². The highest BCUT2D eigenvalue weighted by Crippen LogP contribution is 2.14. The SMILES string of the molecule is CO[Si](CCCNS)(OC)OC. The van der Waals surface area contributed by atoms with Crippen molar-refractivity contribution in [1.82, 2.24) is 4.72 Å². The molecule has 0 aliphatic carbocycles. The van der Waals surface area contributed by atoms with Crippen LogP contribution in [0.2, 0.25) is 6.04 Å². The van der Waals surface area contributed by atoms with Crippen LogP contribution in [0.5, 0.6) is 0 Å². The summed E-state index contributed by atoms with van der Waals surface area (Å²) in [6.07, 6.45) is 0.936. The number of rotatable bonds is 7. The Labute approximate surface area is 80.5 Å². The van der Waals surface area contributed by atoms with Crippen molar-refractivity contribution in [2.24, 2.45) is 0 Å². The highest BCUT2D eigenvalue weighted by Gasteiger charge is 2.36. The molecule has 0 aliphatic rings. The Morgan fingerprint density at radius 2 is 1.67 bits per heavy atom. The molecule has 0 saturated carbocycles. The van der Waals surface area contributed by atoms with Crippen LogP contribution >= 0.6 is 12.8 Å². The molecule has 0 heterocycles. The van der Waals surface area contributed by atoms with Gasteiger partial charge in [-0.1, -0.05) is 12.8 Å². The van der Waals surface area contributed by atoms with E-state index in [9.17, 15) is 0 Å². The van der Waals surface area contributed by atoms with E-state index < -0.39 is 8.80 Å². The van der Waals surface area contributed by atoms with Gasteiger partial charge in [0.2, 0.25) is 0 Å². The molecule has 12 heavy (non-hydrogen) atoms. The Bertz CT molecular complexity index is 105. The van der Waals surface area contributed by atoms with Crippen LogP contribution in [0, 0.1) is 0 Å². The molecule has 6 heteroatoms. The summed E-state index contributed by atoms with van der Waals surface area (Å²) in [5.41, 5.74) is 0. The van der Waals surface area contributed by atoms with Gasteiger partial charge >= 0.3 is 8.80 Å². The summed E-state index contributed by atoms with van der Waals surface area (Å²) in [5.74, 6) is 0. The van der Waals surface area contributed by atoms with Crippen LogP contribution in [0.3, 0.4) is 0 Å². The molecule has 0 saturated heterocycles. The normalized spacial score (nSPS) is 12.0. The average Bonchev–Trinajstić information content (AvgIpc) is 2.14. The highest BCUT2D eigenvalue weighted by molar-refractivity contribution is 7.78. The third-order valence-corrected chi connectivity index (χ3v) is 4.76. The molecule has 0 unspecified atom stereocenters. The van der Waals surface area contributed by atoms with E-state index in [1.807, 2.05) is 0 Å². The van der Waals surface area contributed by atoms with Crippen molar-refractivity contribution in [2.75, 3.05) is 27.9 Å². The molecule has 0 rings (SSSR count). The molecule has 0 amide bonds. The lowest BCUT2D eigenvalue weighted by molar-refractivity contribution is 0.123. The molecule has 0 bridgehead atoms. The van der Waals surface area contributed by atoms with Gasteiger partial charge in [-0.05, 0) is 6.42 Å². The largest absolute Gasteiger partial charge is 0.500 e. The Morgan fingerprint density at radius 3 is 2.00 bits per heavy atom. The lowest BCUT2D eigenvalue weighted by Gasteiger charge is -2.23. The molecule has 0 atom stereocenters. The Balaban J connectivity index is 3.76. The van der Waals surface area contributed by atoms with E-state index in [4.69, 9.17) is 13.3 Å². The average molecular weight is 211 g/mol. The maximum Gasteiger partial charge on any atom is 0.500 e. The van der Waals surface area contributed by atoms with Gasteiger partial charge in [-0.3, -0.25) is 4.72 Å². The van der Waals surface area contributed by atoms with E-state index in [1.165, 1.54) is 0 Å². The molecule has 4 nitrogen and oxygen atoms in total. The number of hydrogen-bond acceptors (Lipinski definition) is 5. The van der Waals surface area contributed by atoms with Crippen molar-refractivity contribution >= 4 is 21.6 Å². The van der Waals surface area contributed by atoms with Crippen molar-refractivity contribution in [2.45, 2.75) is 12.5 Å².